The number of benzene rings is 1. The summed E-state index contributed by atoms with van der Waals surface area (Å²) in [5.41, 5.74) is 1.32. The molecule has 1 aromatic carbocycles. The fourth-order valence-corrected chi connectivity index (χ4v) is 3.11. The molecule has 1 aromatic rings. The maximum Gasteiger partial charge on any atom is 0.0791 e. The van der Waals surface area contributed by atoms with Crippen LogP contribution in [0.1, 0.15) is 24.3 Å². The van der Waals surface area contributed by atoms with E-state index in [9.17, 15) is 0 Å². The molecule has 0 aliphatic carbocycles. The van der Waals surface area contributed by atoms with Crippen LogP contribution in [0.5, 0.6) is 0 Å². The van der Waals surface area contributed by atoms with Crippen molar-refractivity contribution in [1.29, 1.82) is 0 Å². The molecule has 0 bridgehead atoms. The van der Waals surface area contributed by atoms with Crippen LogP contribution in [0, 0.1) is 0 Å². The van der Waals surface area contributed by atoms with Crippen LogP contribution in [0.4, 0.5) is 0 Å². The van der Waals surface area contributed by atoms with E-state index < -0.39 is 0 Å². The van der Waals surface area contributed by atoms with E-state index in [0.29, 0.717) is 11.4 Å². The quantitative estimate of drug-likeness (QED) is 0.789. The molecule has 0 amide bonds. The van der Waals surface area contributed by atoms with E-state index in [1.165, 1.54) is 17.7 Å². The second-order valence-electron chi connectivity index (χ2n) is 3.66. The molecule has 0 aromatic heterocycles. The van der Waals surface area contributed by atoms with Gasteiger partial charge >= 0.3 is 0 Å². The maximum atomic E-state index is 5.85. The van der Waals surface area contributed by atoms with E-state index in [0.717, 1.165) is 5.02 Å². The summed E-state index contributed by atoms with van der Waals surface area (Å²) >= 11 is 7.82. The highest BCUT2D eigenvalue weighted by Gasteiger charge is 2.19. The molecule has 76 valence electrons. The molecule has 2 unspecified atom stereocenters. The molecule has 0 saturated carbocycles. The van der Waals surface area contributed by atoms with Crippen molar-refractivity contribution < 1.29 is 0 Å². The number of hydrogen-bond acceptors (Lipinski definition) is 2. The molecule has 0 radical (unpaired) electrons. The molecule has 0 spiro atoms. The van der Waals surface area contributed by atoms with Crippen molar-refractivity contribution in [2.24, 2.45) is 0 Å². The average Bonchev–Trinajstić information content (AvgIpc) is 2.19. The van der Waals surface area contributed by atoms with Crippen LogP contribution >= 0.6 is 23.4 Å². The largest absolute Gasteiger partial charge is 0.299 e. The number of halogens is 1. The van der Waals surface area contributed by atoms with Gasteiger partial charge in [0.25, 0.3) is 0 Å². The first kappa shape index (κ1) is 10.3. The Bertz CT molecular complexity index is 299. The highest BCUT2D eigenvalue weighted by molar-refractivity contribution is 7.99. The zero-order chi connectivity index (χ0) is 9.97. The third-order valence-corrected chi connectivity index (χ3v) is 3.91. The Kier molecular flexibility index (Phi) is 3.37. The first-order chi connectivity index (χ1) is 6.75. The minimum atomic E-state index is 0.441. The number of hydrogen-bond donors (Lipinski definition) is 1. The van der Waals surface area contributed by atoms with Gasteiger partial charge in [-0.15, -0.1) is 11.8 Å². The lowest BCUT2D eigenvalue weighted by Crippen LogP contribution is -2.33. The lowest BCUT2D eigenvalue weighted by atomic mass is 10.2. The van der Waals surface area contributed by atoms with Gasteiger partial charge in [0, 0.05) is 11.1 Å². The SMILES string of the molecule is CC1CCSC(c2ccc(Cl)cc2)N1. The van der Waals surface area contributed by atoms with Gasteiger partial charge in [-0.25, -0.2) is 0 Å². The molecule has 1 N–H and O–H groups in total. The van der Waals surface area contributed by atoms with Gasteiger partial charge in [-0.3, -0.25) is 5.32 Å². The van der Waals surface area contributed by atoms with Crippen molar-refractivity contribution in [1.82, 2.24) is 5.32 Å². The minimum Gasteiger partial charge on any atom is -0.299 e. The van der Waals surface area contributed by atoms with Crippen LogP contribution in [0.25, 0.3) is 0 Å². The second kappa shape index (κ2) is 4.56. The lowest BCUT2D eigenvalue weighted by molar-refractivity contribution is 0.512. The fraction of sp³-hybridized carbons (Fsp3) is 0.455. The van der Waals surface area contributed by atoms with Crippen molar-refractivity contribution in [2.45, 2.75) is 24.8 Å². The van der Waals surface area contributed by atoms with Gasteiger partial charge in [-0.1, -0.05) is 23.7 Å². The van der Waals surface area contributed by atoms with E-state index in [2.05, 4.69) is 24.4 Å². The van der Waals surface area contributed by atoms with Crippen LogP contribution in [0.2, 0.25) is 5.02 Å². The Morgan fingerprint density at radius 1 is 1.36 bits per heavy atom. The molecule has 14 heavy (non-hydrogen) atoms. The molecular weight excluding hydrogens is 214 g/mol. The first-order valence-corrected chi connectivity index (χ1v) is 6.31. The zero-order valence-corrected chi connectivity index (χ0v) is 9.74. The topological polar surface area (TPSA) is 12.0 Å². The summed E-state index contributed by atoms with van der Waals surface area (Å²) in [5, 5.41) is 4.82. The van der Waals surface area contributed by atoms with Crippen molar-refractivity contribution in [2.75, 3.05) is 5.75 Å². The molecule has 1 fully saturated rings. The van der Waals surface area contributed by atoms with Crippen molar-refractivity contribution in [3.05, 3.63) is 34.9 Å². The van der Waals surface area contributed by atoms with E-state index >= 15 is 0 Å². The predicted molar refractivity (Wildman–Crippen MR) is 63.9 cm³/mol. The van der Waals surface area contributed by atoms with Crippen molar-refractivity contribution in [3.63, 3.8) is 0 Å². The van der Waals surface area contributed by atoms with Crippen LogP contribution in [0.3, 0.4) is 0 Å². The van der Waals surface area contributed by atoms with Crippen LogP contribution in [0.15, 0.2) is 24.3 Å². The van der Waals surface area contributed by atoms with E-state index in [1.807, 2.05) is 23.9 Å². The Morgan fingerprint density at radius 2 is 2.07 bits per heavy atom. The Morgan fingerprint density at radius 3 is 2.71 bits per heavy atom. The molecule has 3 heteroatoms. The third kappa shape index (κ3) is 2.44. The molecule has 1 nitrogen and oxygen atoms in total. The fourth-order valence-electron chi connectivity index (χ4n) is 1.58. The first-order valence-electron chi connectivity index (χ1n) is 4.89. The van der Waals surface area contributed by atoms with E-state index in [4.69, 9.17) is 11.6 Å². The standard InChI is InChI=1S/C11H14ClNS/c1-8-6-7-14-11(13-8)9-2-4-10(12)5-3-9/h2-5,8,11,13H,6-7H2,1H3. The number of rotatable bonds is 1. The third-order valence-electron chi connectivity index (χ3n) is 2.44. The van der Waals surface area contributed by atoms with Gasteiger partial charge in [0.15, 0.2) is 0 Å². The summed E-state index contributed by atoms with van der Waals surface area (Å²) in [7, 11) is 0. The average molecular weight is 228 g/mol. The van der Waals surface area contributed by atoms with Crippen LogP contribution < -0.4 is 5.32 Å². The summed E-state index contributed by atoms with van der Waals surface area (Å²) in [5.74, 6) is 1.24. The smallest absolute Gasteiger partial charge is 0.0791 e. The molecule has 1 aliphatic rings. The van der Waals surface area contributed by atoms with Gasteiger partial charge in [-0.2, -0.15) is 0 Å². The van der Waals surface area contributed by atoms with Gasteiger partial charge in [0.1, 0.15) is 0 Å². The van der Waals surface area contributed by atoms with E-state index in [1.54, 1.807) is 0 Å². The van der Waals surface area contributed by atoms with Gasteiger partial charge in [-0.05, 0) is 36.8 Å². The van der Waals surface area contributed by atoms with Crippen LogP contribution in [-0.4, -0.2) is 11.8 Å². The summed E-state index contributed by atoms with van der Waals surface area (Å²) in [4.78, 5) is 0. The lowest BCUT2D eigenvalue weighted by Gasteiger charge is -2.28. The normalized spacial score (nSPS) is 27.6. The summed E-state index contributed by atoms with van der Waals surface area (Å²) in [6.07, 6.45) is 1.26. The summed E-state index contributed by atoms with van der Waals surface area (Å²) in [6.45, 7) is 2.24. The van der Waals surface area contributed by atoms with Crippen molar-refractivity contribution >= 4 is 23.4 Å². The number of nitrogens with one attached hydrogen (secondary N) is 1. The van der Waals surface area contributed by atoms with Gasteiger partial charge in [0.05, 0.1) is 5.37 Å². The second-order valence-corrected chi connectivity index (χ2v) is 5.31. The van der Waals surface area contributed by atoms with Gasteiger partial charge in [0.2, 0.25) is 0 Å². The van der Waals surface area contributed by atoms with Crippen molar-refractivity contribution in [3.8, 4) is 0 Å². The minimum absolute atomic E-state index is 0.441. The molecule has 1 aliphatic heterocycles. The molecule has 2 rings (SSSR count). The predicted octanol–water partition coefficient (Wildman–Crippen LogP) is 3.45. The summed E-state index contributed by atoms with van der Waals surface area (Å²) < 4.78 is 0. The summed E-state index contributed by atoms with van der Waals surface area (Å²) in [6, 6.07) is 8.74. The monoisotopic (exact) mass is 227 g/mol. The Labute approximate surface area is 94.2 Å². The molecule has 2 atom stereocenters. The highest BCUT2D eigenvalue weighted by atomic mass is 35.5. The number of thioether (sulfide) groups is 1. The van der Waals surface area contributed by atoms with Crippen LogP contribution in [-0.2, 0) is 0 Å². The molecule has 1 saturated heterocycles. The van der Waals surface area contributed by atoms with Gasteiger partial charge < -0.3 is 0 Å². The Hall–Kier alpha value is -0.180. The van der Waals surface area contributed by atoms with E-state index in [-0.39, 0.29) is 0 Å². The molecular formula is C11H14ClNS. The maximum absolute atomic E-state index is 5.85. The Balaban J connectivity index is 2.10. The zero-order valence-electron chi connectivity index (χ0n) is 8.16. The molecule has 1 heterocycles. The highest BCUT2D eigenvalue weighted by Crippen LogP contribution is 2.31.